The van der Waals surface area contributed by atoms with Crippen LogP contribution < -0.4 is 4.72 Å². The van der Waals surface area contributed by atoms with Gasteiger partial charge in [-0.15, -0.1) is 0 Å². The molecule has 0 heterocycles. The summed E-state index contributed by atoms with van der Waals surface area (Å²) in [6.07, 6.45) is 0.832. The molecule has 0 saturated heterocycles. The van der Waals surface area contributed by atoms with E-state index in [0.717, 1.165) is 0 Å². The van der Waals surface area contributed by atoms with E-state index in [0.29, 0.717) is 16.5 Å². The zero-order valence-corrected chi connectivity index (χ0v) is 13.1. The molecule has 1 aromatic rings. The van der Waals surface area contributed by atoms with Crippen molar-refractivity contribution in [3.05, 3.63) is 28.2 Å². The Kier molecular flexibility index (Phi) is 5.51. The third-order valence-corrected chi connectivity index (χ3v) is 4.72. The van der Waals surface area contributed by atoms with E-state index in [-0.39, 0.29) is 11.3 Å². The van der Waals surface area contributed by atoms with E-state index < -0.39 is 22.0 Å². The Morgan fingerprint density at radius 2 is 2.11 bits per heavy atom. The van der Waals surface area contributed by atoms with Crippen LogP contribution in [-0.2, 0) is 14.8 Å². The monoisotopic (exact) mass is 349 g/mol. The van der Waals surface area contributed by atoms with Crippen molar-refractivity contribution >= 4 is 31.9 Å². The van der Waals surface area contributed by atoms with Crippen LogP contribution in [0.2, 0.25) is 0 Å². The summed E-state index contributed by atoms with van der Waals surface area (Å²) in [4.78, 5) is 11.1. The number of aliphatic carboxylic acids is 1. The zero-order valence-electron chi connectivity index (χ0n) is 10.7. The number of sulfonamides is 1. The fourth-order valence-corrected chi connectivity index (χ4v) is 3.64. The third kappa shape index (κ3) is 4.29. The molecule has 19 heavy (non-hydrogen) atoms. The number of hydrogen-bond acceptors (Lipinski definition) is 3. The average molecular weight is 350 g/mol. The van der Waals surface area contributed by atoms with Crippen molar-refractivity contribution < 1.29 is 18.3 Å². The molecule has 106 valence electrons. The Labute approximate surface area is 121 Å². The minimum Gasteiger partial charge on any atom is -0.480 e. The van der Waals surface area contributed by atoms with Crippen LogP contribution in [0.15, 0.2) is 27.6 Å². The van der Waals surface area contributed by atoms with Gasteiger partial charge in [-0.3, -0.25) is 4.79 Å². The second kappa shape index (κ2) is 6.49. The normalized spacial score (nSPS) is 13.2. The molecular formula is C12H16BrNO4S. The van der Waals surface area contributed by atoms with Crippen LogP contribution in [0.5, 0.6) is 0 Å². The standard InChI is InChI=1S/C12H16BrNO4S/c1-3-4-10(12(15)16)14-19(17,18)11-7-9(13)6-5-8(11)2/h5-7,10,14H,3-4H2,1-2H3,(H,15,16)/t10-/m1/s1. The lowest BCUT2D eigenvalue weighted by Gasteiger charge is -2.15. The van der Waals surface area contributed by atoms with Gasteiger partial charge in [0, 0.05) is 4.47 Å². The van der Waals surface area contributed by atoms with Crippen LogP contribution in [0.1, 0.15) is 25.3 Å². The first-order chi connectivity index (χ1) is 8.77. The molecule has 2 N–H and O–H groups in total. The largest absolute Gasteiger partial charge is 0.480 e. The van der Waals surface area contributed by atoms with Gasteiger partial charge < -0.3 is 5.11 Å². The minimum absolute atomic E-state index is 0.0872. The molecule has 0 aliphatic heterocycles. The number of rotatable bonds is 6. The third-order valence-electron chi connectivity index (χ3n) is 2.61. The van der Waals surface area contributed by atoms with E-state index in [1.807, 2.05) is 0 Å². The fraction of sp³-hybridized carbons (Fsp3) is 0.417. The molecule has 1 rings (SSSR count). The van der Waals surface area contributed by atoms with Gasteiger partial charge >= 0.3 is 5.97 Å². The Hall–Kier alpha value is -0.920. The topological polar surface area (TPSA) is 83.5 Å². The van der Waals surface area contributed by atoms with Gasteiger partial charge in [0.2, 0.25) is 10.0 Å². The van der Waals surface area contributed by atoms with Crippen molar-refractivity contribution in [2.45, 2.75) is 37.6 Å². The van der Waals surface area contributed by atoms with Crippen molar-refractivity contribution in [3.63, 3.8) is 0 Å². The maximum Gasteiger partial charge on any atom is 0.321 e. The average Bonchev–Trinajstić information content (AvgIpc) is 2.31. The van der Waals surface area contributed by atoms with Crippen LogP contribution in [0.4, 0.5) is 0 Å². The molecule has 0 amide bonds. The van der Waals surface area contributed by atoms with Crippen molar-refractivity contribution in [1.82, 2.24) is 4.72 Å². The van der Waals surface area contributed by atoms with Gasteiger partial charge in [-0.25, -0.2) is 8.42 Å². The fourth-order valence-electron chi connectivity index (χ4n) is 1.64. The molecule has 0 unspecified atom stereocenters. The lowest BCUT2D eigenvalue weighted by atomic mass is 10.2. The first kappa shape index (κ1) is 16.1. The molecule has 0 radical (unpaired) electrons. The summed E-state index contributed by atoms with van der Waals surface area (Å²) in [6.45, 7) is 3.46. The van der Waals surface area contributed by atoms with Crippen LogP contribution >= 0.6 is 15.9 Å². The van der Waals surface area contributed by atoms with Crippen LogP contribution in [0.25, 0.3) is 0 Å². The summed E-state index contributed by atoms with van der Waals surface area (Å²) >= 11 is 3.21. The number of carboxylic acid groups (broad SMARTS) is 1. The first-order valence-electron chi connectivity index (χ1n) is 5.79. The highest BCUT2D eigenvalue weighted by Gasteiger charge is 2.25. The van der Waals surface area contributed by atoms with Crippen molar-refractivity contribution in [1.29, 1.82) is 0 Å². The molecule has 5 nitrogen and oxygen atoms in total. The molecule has 0 aliphatic rings. The van der Waals surface area contributed by atoms with Gasteiger partial charge in [-0.2, -0.15) is 4.72 Å². The lowest BCUT2D eigenvalue weighted by Crippen LogP contribution is -2.40. The Morgan fingerprint density at radius 1 is 1.47 bits per heavy atom. The molecule has 0 saturated carbocycles. The summed E-state index contributed by atoms with van der Waals surface area (Å²) in [7, 11) is -3.84. The van der Waals surface area contributed by atoms with Crippen LogP contribution in [0.3, 0.4) is 0 Å². The Bertz CT molecular complexity index is 571. The maximum atomic E-state index is 12.2. The van der Waals surface area contributed by atoms with Gasteiger partial charge in [0.05, 0.1) is 4.90 Å². The lowest BCUT2D eigenvalue weighted by molar-refractivity contribution is -0.139. The highest BCUT2D eigenvalue weighted by molar-refractivity contribution is 9.10. The summed E-state index contributed by atoms with van der Waals surface area (Å²) in [5, 5.41) is 9.00. The minimum atomic E-state index is -3.84. The SMILES string of the molecule is CCC[C@@H](NS(=O)(=O)c1cc(Br)ccc1C)C(=O)O. The van der Waals surface area contributed by atoms with Gasteiger partial charge in [0.1, 0.15) is 6.04 Å². The van der Waals surface area contributed by atoms with Crippen molar-refractivity contribution in [2.24, 2.45) is 0 Å². The molecule has 0 fully saturated rings. The maximum absolute atomic E-state index is 12.2. The Balaban J connectivity index is 3.10. The van der Waals surface area contributed by atoms with E-state index in [4.69, 9.17) is 5.11 Å². The van der Waals surface area contributed by atoms with E-state index in [9.17, 15) is 13.2 Å². The Morgan fingerprint density at radius 3 is 2.63 bits per heavy atom. The predicted molar refractivity (Wildman–Crippen MR) is 75.5 cm³/mol. The van der Waals surface area contributed by atoms with Gasteiger partial charge in [0.15, 0.2) is 0 Å². The summed E-state index contributed by atoms with van der Waals surface area (Å²) in [5.74, 6) is -1.17. The second-order valence-electron chi connectivity index (χ2n) is 4.21. The van der Waals surface area contributed by atoms with Crippen LogP contribution in [-0.4, -0.2) is 25.5 Å². The highest BCUT2D eigenvalue weighted by Crippen LogP contribution is 2.21. The molecule has 0 aliphatic carbocycles. The summed E-state index contributed by atoms with van der Waals surface area (Å²) < 4.78 is 27.3. The van der Waals surface area contributed by atoms with E-state index >= 15 is 0 Å². The van der Waals surface area contributed by atoms with Gasteiger partial charge in [0.25, 0.3) is 0 Å². The molecule has 7 heteroatoms. The number of benzene rings is 1. The van der Waals surface area contributed by atoms with E-state index in [1.54, 1.807) is 26.0 Å². The molecule has 0 aromatic heterocycles. The summed E-state index contributed by atoms with van der Waals surface area (Å²) in [6, 6.07) is 3.75. The number of nitrogens with one attached hydrogen (secondary N) is 1. The van der Waals surface area contributed by atoms with Gasteiger partial charge in [-0.05, 0) is 31.0 Å². The quantitative estimate of drug-likeness (QED) is 0.825. The molecule has 1 aromatic carbocycles. The number of hydrogen-bond donors (Lipinski definition) is 2. The smallest absolute Gasteiger partial charge is 0.321 e. The number of aryl methyl sites for hydroxylation is 1. The van der Waals surface area contributed by atoms with Crippen molar-refractivity contribution in [2.75, 3.05) is 0 Å². The van der Waals surface area contributed by atoms with Crippen LogP contribution in [0, 0.1) is 6.92 Å². The molecular weight excluding hydrogens is 334 g/mol. The van der Waals surface area contributed by atoms with E-state index in [1.165, 1.54) is 6.07 Å². The summed E-state index contributed by atoms with van der Waals surface area (Å²) in [5.41, 5.74) is 0.566. The van der Waals surface area contributed by atoms with E-state index in [2.05, 4.69) is 20.7 Å². The highest BCUT2D eigenvalue weighted by atomic mass is 79.9. The van der Waals surface area contributed by atoms with Crippen molar-refractivity contribution in [3.8, 4) is 0 Å². The zero-order chi connectivity index (χ0) is 14.6. The first-order valence-corrected chi connectivity index (χ1v) is 8.07. The number of carboxylic acids is 1. The molecule has 0 bridgehead atoms. The molecule has 0 spiro atoms. The van der Waals surface area contributed by atoms with Gasteiger partial charge in [-0.1, -0.05) is 35.3 Å². The predicted octanol–water partition coefficient (Wildman–Crippen LogP) is 2.29. The number of carbonyl (C=O) groups is 1. The second-order valence-corrected chi connectivity index (χ2v) is 6.81. The number of halogens is 1. The molecule has 1 atom stereocenters.